The molecule has 0 radical (unpaired) electrons. The van der Waals surface area contributed by atoms with E-state index in [0.717, 1.165) is 0 Å². The molecule has 0 fully saturated rings. The number of benzene rings is 1. The maximum atomic E-state index is 10.8. The summed E-state index contributed by atoms with van der Waals surface area (Å²) in [6, 6.07) is 4.50. The Labute approximate surface area is 87.8 Å². The molecule has 5 nitrogen and oxygen atoms in total. The molecular weight excluding hydrogens is 197 g/mol. The zero-order valence-corrected chi connectivity index (χ0v) is 8.52. The lowest BCUT2D eigenvalue weighted by atomic mass is 9.80. The summed E-state index contributed by atoms with van der Waals surface area (Å²) < 4.78 is 5.00. The van der Waals surface area contributed by atoms with Crippen LogP contribution in [-0.4, -0.2) is 30.2 Å². The van der Waals surface area contributed by atoms with Gasteiger partial charge < -0.3 is 20.1 Å². The number of carbonyl (C=O) groups excluding carboxylic acids is 1. The maximum Gasteiger partial charge on any atom is 0.488 e. The van der Waals surface area contributed by atoms with Gasteiger partial charge in [-0.15, -0.1) is 0 Å². The van der Waals surface area contributed by atoms with Gasteiger partial charge >= 0.3 is 7.12 Å². The first kappa shape index (κ1) is 11.5. The van der Waals surface area contributed by atoms with Crippen molar-refractivity contribution < 1.29 is 19.6 Å². The lowest BCUT2D eigenvalue weighted by molar-refractivity contribution is -0.114. The Morgan fingerprint density at radius 1 is 1.47 bits per heavy atom. The largest absolute Gasteiger partial charge is 0.495 e. The average Bonchev–Trinajstić information content (AvgIpc) is 2.17. The predicted octanol–water partition coefficient (Wildman–Crippen LogP) is -0.667. The van der Waals surface area contributed by atoms with E-state index in [1.165, 1.54) is 26.2 Å². The molecule has 0 heterocycles. The molecule has 15 heavy (non-hydrogen) atoms. The quantitative estimate of drug-likeness (QED) is 0.577. The minimum absolute atomic E-state index is 0.217. The second-order valence-corrected chi connectivity index (χ2v) is 3.01. The lowest BCUT2D eigenvalue weighted by Gasteiger charge is -2.10. The van der Waals surface area contributed by atoms with Crippen LogP contribution < -0.4 is 15.5 Å². The predicted molar refractivity (Wildman–Crippen MR) is 57.1 cm³/mol. The topological polar surface area (TPSA) is 78.8 Å². The summed E-state index contributed by atoms with van der Waals surface area (Å²) in [6.45, 7) is 1.38. The number of anilines is 1. The van der Waals surface area contributed by atoms with Gasteiger partial charge in [0, 0.05) is 6.92 Å². The maximum absolute atomic E-state index is 10.8. The number of ether oxygens (including phenoxy) is 1. The number of amides is 1. The van der Waals surface area contributed by atoms with E-state index in [-0.39, 0.29) is 5.91 Å². The van der Waals surface area contributed by atoms with Gasteiger partial charge in [-0.25, -0.2) is 0 Å². The van der Waals surface area contributed by atoms with Crippen molar-refractivity contribution in [3.05, 3.63) is 18.2 Å². The van der Waals surface area contributed by atoms with Crippen LogP contribution in [0.5, 0.6) is 5.75 Å². The highest BCUT2D eigenvalue weighted by atomic mass is 16.5. The number of methoxy groups -OCH3 is 1. The zero-order chi connectivity index (χ0) is 11.4. The van der Waals surface area contributed by atoms with Crippen LogP contribution in [0.3, 0.4) is 0 Å². The summed E-state index contributed by atoms with van der Waals surface area (Å²) in [5, 5.41) is 20.4. The third-order valence-corrected chi connectivity index (χ3v) is 1.83. The van der Waals surface area contributed by atoms with Crippen LogP contribution in [0.1, 0.15) is 6.92 Å². The van der Waals surface area contributed by atoms with E-state index in [0.29, 0.717) is 16.9 Å². The van der Waals surface area contributed by atoms with Crippen molar-refractivity contribution in [1.82, 2.24) is 0 Å². The molecule has 1 rings (SSSR count). The molecule has 0 bridgehead atoms. The molecule has 1 aromatic carbocycles. The first-order valence-electron chi connectivity index (χ1n) is 4.36. The van der Waals surface area contributed by atoms with Crippen LogP contribution in [-0.2, 0) is 4.79 Å². The third-order valence-electron chi connectivity index (χ3n) is 1.83. The van der Waals surface area contributed by atoms with E-state index in [1.54, 1.807) is 6.07 Å². The zero-order valence-electron chi connectivity index (χ0n) is 8.52. The SMILES string of the molecule is COc1cc(B(O)O)ccc1NC(C)=O. The molecular formula is C9H12BNO4. The van der Waals surface area contributed by atoms with Gasteiger partial charge in [0.15, 0.2) is 0 Å². The van der Waals surface area contributed by atoms with Crippen molar-refractivity contribution in [2.45, 2.75) is 6.92 Å². The van der Waals surface area contributed by atoms with Gasteiger partial charge in [0.05, 0.1) is 12.8 Å². The van der Waals surface area contributed by atoms with Crippen molar-refractivity contribution in [3.63, 3.8) is 0 Å². The fourth-order valence-corrected chi connectivity index (χ4v) is 1.16. The van der Waals surface area contributed by atoms with E-state index < -0.39 is 7.12 Å². The first-order chi connectivity index (χ1) is 7.04. The van der Waals surface area contributed by atoms with Crippen LogP contribution in [0.2, 0.25) is 0 Å². The summed E-state index contributed by atoms with van der Waals surface area (Å²) in [5.74, 6) is 0.168. The van der Waals surface area contributed by atoms with Gasteiger partial charge in [-0.05, 0) is 17.6 Å². The fourth-order valence-electron chi connectivity index (χ4n) is 1.16. The first-order valence-corrected chi connectivity index (χ1v) is 4.36. The molecule has 3 N–H and O–H groups in total. The van der Waals surface area contributed by atoms with Crippen molar-refractivity contribution in [2.24, 2.45) is 0 Å². The van der Waals surface area contributed by atoms with Gasteiger partial charge in [0.25, 0.3) is 0 Å². The Bertz CT molecular complexity index is 367. The van der Waals surface area contributed by atoms with E-state index in [4.69, 9.17) is 14.8 Å². The van der Waals surface area contributed by atoms with Gasteiger partial charge in [-0.3, -0.25) is 4.79 Å². The molecule has 0 aliphatic heterocycles. The number of carbonyl (C=O) groups is 1. The molecule has 80 valence electrons. The van der Waals surface area contributed by atoms with Crippen molar-refractivity contribution in [3.8, 4) is 5.75 Å². The summed E-state index contributed by atoms with van der Waals surface area (Å²) in [7, 11) is -0.112. The molecule has 0 unspecified atom stereocenters. The van der Waals surface area contributed by atoms with Gasteiger partial charge in [-0.2, -0.15) is 0 Å². The van der Waals surface area contributed by atoms with Gasteiger partial charge in [0.2, 0.25) is 5.91 Å². The molecule has 0 aliphatic rings. The molecule has 6 heteroatoms. The normalized spacial score (nSPS) is 9.60. The van der Waals surface area contributed by atoms with E-state index in [2.05, 4.69) is 5.32 Å². The highest BCUT2D eigenvalue weighted by Crippen LogP contribution is 2.22. The van der Waals surface area contributed by atoms with E-state index in [1.807, 2.05) is 0 Å². The summed E-state index contributed by atoms with van der Waals surface area (Å²) in [4.78, 5) is 10.8. The number of rotatable bonds is 3. The number of nitrogens with one attached hydrogen (secondary N) is 1. The standard InChI is InChI=1S/C9H12BNO4/c1-6(12)11-8-4-3-7(10(13)14)5-9(8)15-2/h3-5,13-14H,1-2H3,(H,11,12). The lowest BCUT2D eigenvalue weighted by Crippen LogP contribution is -2.29. The van der Waals surface area contributed by atoms with Crippen molar-refractivity contribution in [1.29, 1.82) is 0 Å². The Kier molecular flexibility index (Phi) is 3.71. The smallest absolute Gasteiger partial charge is 0.488 e. The minimum Gasteiger partial charge on any atom is -0.495 e. The van der Waals surface area contributed by atoms with E-state index >= 15 is 0 Å². The summed E-state index contributed by atoms with van der Waals surface area (Å²) in [5.41, 5.74) is 0.801. The summed E-state index contributed by atoms with van der Waals surface area (Å²) >= 11 is 0. The molecule has 1 amide bonds. The molecule has 1 aromatic rings. The van der Waals surface area contributed by atoms with Crippen LogP contribution in [0.25, 0.3) is 0 Å². The monoisotopic (exact) mass is 209 g/mol. The average molecular weight is 209 g/mol. The Balaban J connectivity index is 3.03. The molecule has 0 saturated carbocycles. The molecule has 0 atom stereocenters. The van der Waals surface area contributed by atoms with Crippen LogP contribution in [0.15, 0.2) is 18.2 Å². The highest BCUT2D eigenvalue weighted by Gasteiger charge is 2.14. The van der Waals surface area contributed by atoms with Crippen LogP contribution in [0.4, 0.5) is 5.69 Å². The van der Waals surface area contributed by atoms with Gasteiger partial charge in [-0.1, -0.05) is 6.07 Å². The Morgan fingerprint density at radius 3 is 2.60 bits per heavy atom. The van der Waals surface area contributed by atoms with Crippen molar-refractivity contribution >= 4 is 24.2 Å². The number of hydrogen-bond donors (Lipinski definition) is 3. The van der Waals surface area contributed by atoms with Crippen LogP contribution >= 0.6 is 0 Å². The molecule has 0 saturated heterocycles. The second kappa shape index (κ2) is 4.81. The second-order valence-electron chi connectivity index (χ2n) is 3.01. The van der Waals surface area contributed by atoms with Crippen molar-refractivity contribution in [2.75, 3.05) is 12.4 Å². The van der Waals surface area contributed by atoms with Crippen LogP contribution in [0, 0.1) is 0 Å². The van der Waals surface area contributed by atoms with Gasteiger partial charge in [0.1, 0.15) is 5.75 Å². The third kappa shape index (κ3) is 2.97. The minimum atomic E-state index is -1.55. The molecule has 0 spiro atoms. The molecule has 0 aromatic heterocycles. The summed E-state index contributed by atoms with van der Waals surface area (Å²) in [6.07, 6.45) is 0. The Hall–Kier alpha value is -1.53. The van der Waals surface area contributed by atoms with E-state index in [9.17, 15) is 4.79 Å². The molecule has 0 aliphatic carbocycles. The Morgan fingerprint density at radius 2 is 2.13 bits per heavy atom. The fraction of sp³-hybridized carbons (Fsp3) is 0.222. The highest BCUT2D eigenvalue weighted by molar-refractivity contribution is 6.58. The number of hydrogen-bond acceptors (Lipinski definition) is 4.